The molecular weight excluding hydrogens is 216 g/mol. The Morgan fingerprint density at radius 3 is 1.29 bits per heavy atom. The van der Waals surface area contributed by atoms with E-state index in [0.717, 1.165) is 12.6 Å². The van der Waals surface area contributed by atoms with Crippen LogP contribution in [0.1, 0.15) is 19.3 Å². The maximum Gasteiger partial charge on any atom is 0.394 e. The van der Waals surface area contributed by atoms with Crippen molar-refractivity contribution in [3.8, 4) is 0 Å². The number of rotatable bonds is 4. The molecule has 0 aromatic carbocycles. The smallest absolute Gasteiger partial charge is 0.344 e. The van der Waals surface area contributed by atoms with Gasteiger partial charge in [0.1, 0.15) is 12.6 Å². The summed E-state index contributed by atoms with van der Waals surface area (Å²) in [5.74, 6) is 0. The van der Waals surface area contributed by atoms with Crippen molar-refractivity contribution in [3.05, 3.63) is 0 Å². The molecule has 0 aliphatic carbocycles. The summed E-state index contributed by atoms with van der Waals surface area (Å²) in [6, 6.07) is 0. The molecule has 8 nitrogen and oxygen atoms in total. The van der Waals surface area contributed by atoms with Gasteiger partial charge >= 0.3 is 10.4 Å². The van der Waals surface area contributed by atoms with Gasteiger partial charge in [-0.25, -0.2) is 0 Å². The monoisotopic (exact) mass is 232 g/mol. The fourth-order valence-electron chi connectivity index (χ4n) is 0.285. The van der Waals surface area contributed by atoms with Gasteiger partial charge in [-0.15, -0.1) is 0 Å². The molecule has 0 saturated heterocycles. The summed E-state index contributed by atoms with van der Waals surface area (Å²) in [5.41, 5.74) is 0. The molecular formula is C5H16N2O6S. The van der Waals surface area contributed by atoms with E-state index < -0.39 is 10.4 Å². The maximum absolute atomic E-state index is 9.56. The molecule has 88 valence electrons. The van der Waals surface area contributed by atoms with Crippen molar-refractivity contribution in [2.45, 2.75) is 19.3 Å². The SMILES string of the molecule is N.N.O=CCCCC=O.O=S(=O)(O)O. The van der Waals surface area contributed by atoms with Gasteiger partial charge in [0.2, 0.25) is 0 Å². The summed E-state index contributed by atoms with van der Waals surface area (Å²) in [6.07, 6.45) is 3.37. The molecule has 0 bridgehead atoms. The molecule has 0 heterocycles. The van der Waals surface area contributed by atoms with Crippen LogP contribution in [0, 0.1) is 0 Å². The molecule has 8 N–H and O–H groups in total. The van der Waals surface area contributed by atoms with Gasteiger partial charge in [-0.2, -0.15) is 8.42 Å². The van der Waals surface area contributed by atoms with Crippen molar-refractivity contribution < 1.29 is 27.1 Å². The molecule has 0 spiro atoms. The lowest BCUT2D eigenvalue weighted by molar-refractivity contribution is -0.108. The highest BCUT2D eigenvalue weighted by atomic mass is 32.3. The molecule has 0 aromatic heterocycles. The zero-order chi connectivity index (χ0) is 10.0. The van der Waals surface area contributed by atoms with E-state index in [1.54, 1.807) is 0 Å². The normalized spacial score (nSPS) is 8.14. The van der Waals surface area contributed by atoms with Crippen LogP contribution in [0.4, 0.5) is 0 Å². The number of hydrogen-bond donors (Lipinski definition) is 4. The largest absolute Gasteiger partial charge is 0.394 e. The van der Waals surface area contributed by atoms with Crippen LogP contribution in [-0.2, 0) is 20.0 Å². The van der Waals surface area contributed by atoms with Crippen LogP contribution >= 0.6 is 0 Å². The topological polar surface area (TPSA) is 179 Å². The molecule has 0 aromatic rings. The molecule has 0 aliphatic rings. The molecule has 0 aliphatic heterocycles. The standard InChI is InChI=1S/C5H8O2.2H3N.H2O4S/c6-4-2-1-3-5-7;;;1-5(2,3)4/h4-5H,1-3H2;2*1H3;(H2,1,2,3,4). The minimum atomic E-state index is -4.67. The van der Waals surface area contributed by atoms with E-state index in [2.05, 4.69) is 0 Å². The highest BCUT2D eigenvalue weighted by molar-refractivity contribution is 7.79. The van der Waals surface area contributed by atoms with E-state index >= 15 is 0 Å². The summed E-state index contributed by atoms with van der Waals surface area (Å²) in [7, 11) is -4.67. The molecule has 0 saturated carbocycles. The van der Waals surface area contributed by atoms with E-state index in [1.807, 2.05) is 0 Å². The molecule has 0 radical (unpaired) electrons. The number of carbonyl (C=O) groups is 2. The van der Waals surface area contributed by atoms with Gasteiger partial charge < -0.3 is 21.9 Å². The van der Waals surface area contributed by atoms with E-state index in [4.69, 9.17) is 17.5 Å². The number of carbonyl (C=O) groups excluding carboxylic acids is 2. The highest BCUT2D eigenvalue weighted by Crippen LogP contribution is 1.85. The van der Waals surface area contributed by atoms with Crippen LogP contribution in [0.15, 0.2) is 0 Å². The lowest BCUT2D eigenvalue weighted by Crippen LogP contribution is -1.89. The quantitative estimate of drug-likeness (QED) is 0.302. The predicted octanol–water partition coefficient (Wildman–Crippen LogP) is 0.226. The zero-order valence-electron chi connectivity index (χ0n) is 7.63. The Morgan fingerprint density at radius 2 is 1.14 bits per heavy atom. The summed E-state index contributed by atoms with van der Waals surface area (Å²) in [6.45, 7) is 0. The van der Waals surface area contributed by atoms with E-state index in [0.29, 0.717) is 19.3 Å². The first-order chi connectivity index (χ1) is 5.41. The fourth-order valence-corrected chi connectivity index (χ4v) is 0.285. The van der Waals surface area contributed by atoms with Crippen LogP contribution in [0.2, 0.25) is 0 Å². The Bertz CT molecular complexity index is 198. The van der Waals surface area contributed by atoms with Gasteiger partial charge in [-0.05, 0) is 6.42 Å². The first-order valence-corrected chi connectivity index (χ1v) is 4.38. The Labute approximate surface area is 82.4 Å². The second kappa shape index (κ2) is 14.6. The third-order valence-corrected chi connectivity index (χ3v) is 0.644. The lowest BCUT2D eigenvalue weighted by Gasteiger charge is -1.78. The van der Waals surface area contributed by atoms with E-state index in [9.17, 15) is 9.59 Å². The Morgan fingerprint density at radius 1 is 0.929 bits per heavy atom. The molecule has 0 unspecified atom stereocenters. The summed E-state index contributed by atoms with van der Waals surface area (Å²) >= 11 is 0. The Balaban J connectivity index is -0.0000000651. The first kappa shape index (κ1) is 23.2. The average molecular weight is 232 g/mol. The van der Waals surface area contributed by atoms with Crippen molar-refractivity contribution in [1.29, 1.82) is 0 Å². The van der Waals surface area contributed by atoms with Gasteiger partial charge in [0.05, 0.1) is 0 Å². The summed E-state index contributed by atoms with van der Waals surface area (Å²) in [4.78, 5) is 19.1. The van der Waals surface area contributed by atoms with Gasteiger partial charge in [0.15, 0.2) is 0 Å². The summed E-state index contributed by atoms with van der Waals surface area (Å²) < 4.78 is 31.6. The zero-order valence-corrected chi connectivity index (χ0v) is 8.44. The molecule has 0 amide bonds. The molecule has 14 heavy (non-hydrogen) atoms. The van der Waals surface area contributed by atoms with Gasteiger partial charge in [-0.3, -0.25) is 9.11 Å². The Hall–Kier alpha value is -0.870. The van der Waals surface area contributed by atoms with Crippen molar-refractivity contribution in [2.75, 3.05) is 0 Å². The third kappa shape index (κ3) is 117. The highest BCUT2D eigenvalue weighted by Gasteiger charge is 1.84. The Kier molecular flexibility index (Phi) is 24.2. The second-order valence-corrected chi connectivity index (χ2v) is 2.61. The van der Waals surface area contributed by atoms with Crippen molar-refractivity contribution in [3.63, 3.8) is 0 Å². The molecule has 0 atom stereocenters. The van der Waals surface area contributed by atoms with Crippen molar-refractivity contribution in [1.82, 2.24) is 12.3 Å². The molecule has 0 fully saturated rings. The second-order valence-electron chi connectivity index (χ2n) is 1.71. The average Bonchev–Trinajstić information content (AvgIpc) is 1.85. The van der Waals surface area contributed by atoms with Crippen LogP contribution in [0.25, 0.3) is 0 Å². The molecule has 0 rings (SSSR count). The van der Waals surface area contributed by atoms with Crippen LogP contribution in [0.3, 0.4) is 0 Å². The van der Waals surface area contributed by atoms with Crippen molar-refractivity contribution >= 4 is 23.0 Å². The number of unbranched alkanes of at least 4 members (excludes halogenated alkanes) is 2. The number of aldehydes is 2. The fraction of sp³-hybridized carbons (Fsp3) is 0.600. The van der Waals surface area contributed by atoms with Gasteiger partial charge in [-0.1, -0.05) is 0 Å². The van der Waals surface area contributed by atoms with Gasteiger partial charge in [0.25, 0.3) is 0 Å². The van der Waals surface area contributed by atoms with Crippen LogP contribution in [-0.4, -0.2) is 30.1 Å². The molecule has 9 heteroatoms. The first-order valence-electron chi connectivity index (χ1n) is 2.99. The minimum absolute atomic E-state index is 0. The minimum Gasteiger partial charge on any atom is -0.344 e. The van der Waals surface area contributed by atoms with Crippen LogP contribution < -0.4 is 12.3 Å². The van der Waals surface area contributed by atoms with E-state index in [1.165, 1.54) is 0 Å². The van der Waals surface area contributed by atoms with Gasteiger partial charge in [0, 0.05) is 12.8 Å². The summed E-state index contributed by atoms with van der Waals surface area (Å²) in [5, 5.41) is 0. The van der Waals surface area contributed by atoms with Crippen LogP contribution in [0.5, 0.6) is 0 Å². The predicted molar refractivity (Wildman–Crippen MR) is 50.2 cm³/mol. The third-order valence-electron chi connectivity index (χ3n) is 0.644. The van der Waals surface area contributed by atoms with Crippen molar-refractivity contribution in [2.24, 2.45) is 0 Å². The number of hydrogen-bond acceptors (Lipinski definition) is 6. The maximum atomic E-state index is 9.56. The van der Waals surface area contributed by atoms with E-state index in [-0.39, 0.29) is 12.3 Å². The lowest BCUT2D eigenvalue weighted by atomic mass is 10.3.